The molecular weight excluding hydrogens is 294 g/mol. The van der Waals surface area contributed by atoms with E-state index in [1.54, 1.807) is 0 Å². The Bertz CT molecular complexity index is 902. The van der Waals surface area contributed by atoms with Crippen LogP contribution in [-0.4, -0.2) is 11.1 Å². The van der Waals surface area contributed by atoms with Crippen LogP contribution in [0.5, 0.6) is 0 Å². The van der Waals surface area contributed by atoms with Crippen LogP contribution >= 0.6 is 0 Å². The van der Waals surface area contributed by atoms with Crippen molar-refractivity contribution in [1.82, 2.24) is 4.98 Å². The normalized spacial score (nSPS) is 19.8. The predicted molar refractivity (Wildman–Crippen MR) is 98.2 cm³/mol. The Kier molecular flexibility index (Phi) is 2.61. The molecule has 0 saturated carbocycles. The zero-order chi connectivity index (χ0) is 16.3. The monoisotopic (exact) mass is 313 g/mol. The standard InChI is InChI=1S/C21H19N3/c1-21(2)16-11-6-7-12-17(16)24-19-18(13-8-14-22-19)23(20(21)24)15-9-4-3-5-10-15/h3-14,20H,1-2H3. The molecule has 0 bridgehead atoms. The van der Waals surface area contributed by atoms with E-state index >= 15 is 0 Å². The second-order valence-corrected chi connectivity index (χ2v) is 7.03. The molecule has 0 amide bonds. The molecule has 5 rings (SSSR count). The Labute approximate surface area is 142 Å². The van der Waals surface area contributed by atoms with Crippen molar-refractivity contribution in [1.29, 1.82) is 0 Å². The molecule has 0 N–H and O–H groups in total. The van der Waals surface area contributed by atoms with Gasteiger partial charge in [0.2, 0.25) is 0 Å². The zero-order valence-corrected chi connectivity index (χ0v) is 13.8. The molecule has 2 aliphatic rings. The number of rotatable bonds is 1. The van der Waals surface area contributed by atoms with Crippen LogP contribution in [0.25, 0.3) is 0 Å². The van der Waals surface area contributed by atoms with Gasteiger partial charge in [0.05, 0.1) is 5.69 Å². The molecule has 3 heterocycles. The highest BCUT2D eigenvalue weighted by Crippen LogP contribution is 2.57. The molecular formula is C21H19N3. The Morgan fingerprint density at radius 2 is 1.50 bits per heavy atom. The summed E-state index contributed by atoms with van der Waals surface area (Å²) in [5, 5.41) is 0. The lowest BCUT2D eigenvalue weighted by Gasteiger charge is -2.36. The number of hydrogen-bond donors (Lipinski definition) is 0. The fourth-order valence-electron chi connectivity index (χ4n) is 4.25. The van der Waals surface area contributed by atoms with E-state index in [4.69, 9.17) is 4.98 Å². The molecule has 1 atom stereocenters. The van der Waals surface area contributed by atoms with Crippen molar-refractivity contribution in [3.8, 4) is 0 Å². The van der Waals surface area contributed by atoms with Gasteiger partial charge >= 0.3 is 0 Å². The Balaban J connectivity index is 1.80. The molecule has 1 unspecified atom stereocenters. The fraction of sp³-hybridized carbons (Fsp3) is 0.190. The van der Waals surface area contributed by atoms with Crippen LogP contribution in [0, 0.1) is 0 Å². The fourth-order valence-corrected chi connectivity index (χ4v) is 4.25. The average Bonchev–Trinajstić information content (AvgIpc) is 3.08. The molecule has 0 spiro atoms. The third kappa shape index (κ3) is 1.59. The number of benzene rings is 2. The second kappa shape index (κ2) is 4.60. The highest BCUT2D eigenvalue weighted by Gasteiger charge is 2.53. The number of aromatic nitrogens is 1. The predicted octanol–water partition coefficient (Wildman–Crippen LogP) is 4.99. The van der Waals surface area contributed by atoms with Crippen molar-refractivity contribution in [2.24, 2.45) is 0 Å². The molecule has 118 valence electrons. The van der Waals surface area contributed by atoms with Gasteiger partial charge in [-0.25, -0.2) is 4.98 Å². The molecule has 3 aromatic rings. The zero-order valence-electron chi connectivity index (χ0n) is 13.8. The van der Waals surface area contributed by atoms with E-state index < -0.39 is 0 Å². The summed E-state index contributed by atoms with van der Waals surface area (Å²) >= 11 is 0. The van der Waals surface area contributed by atoms with Crippen molar-refractivity contribution >= 4 is 22.9 Å². The van der Waals surface area contributed by atoms with E-state index in [-0.39, 0.29) is 11.6 Å². The molecule has 0 saturated heterocycles. The van der Waals surface area contributed by atoms with Gasteiger partial charge in [0.1, 0.15) is 6.17 Å². The van der Waals surface area contributed by atoms with Gasteiger partial charge in [-0.15, -0.1) is 0 Å². The number of para-hydroxylation sites is 2. The summed E-state index contributed by atoms with van der Waals surface area (Å²) in [5.41, 5.74) is 5.03. The summed E-state index contributed by atoms with van der Waals surface area (Å²) in [7, 11) is 0. The molecule has 24 heavy (non-hydrogen) atoms. The van der Waals surface area contributed by atoms with E-state index in [1.807, 2.05) is 12.3 Å². The minimum Gasteiger partial charge on any atom is -0.316 e. The first-order valence-electron chi connectivity index (χ1n) is 8.37. The van der Waals surface area contributed by atoms with Crippen molar-refractivity contribution in [3.63, 3.8) is 0 Å². The van der Waals surface area contributed by atoms with Gasteiger partial charge in [-0.1, -0.05) is 50.2 Å². The van der Waals surface area contributed by atoms with Gasteiger partial charge < -0.3 is 9.80 Å². The Morgan fingerprint density at radius 3 is 2.33 bits per heavy atom. The minimum atomic E-state index is -0.00681. The number of pyridine rings is 1. The van der Waals surface area contributed by atoms with Crippen LogP contribution in [0.2, 0.25) is 0 Å². The summed E-state index contributed by atoms with van der Waals surface area (Å²) in [5.74, 6) is 1.05. The van der Waals surface area contributed by atoms with Gasteiger partial charge in [0, 0.05) is 23.0 Å². The van der Waals surface area contributed by atoms with Crippen molar-refractivity contribution in [2.45, 2.75) is 25.4 Å². The van der Waals surface area contributed by atoms with Gasteiger partial charge in [-0.3, -0.25) is 0 Å². The van der Waals surface area contributed by atoms with Crippen LogP contribution < -0.4 is 9.80 Å². The summed E-state index contributed by atoms with van der Waals surface area (Å²) in [6.07, 6.45) is 2.08. The summed E-state index contributed by atoms with van der Waals surface area (Å²) in [6, 6.07) is 23.5. The van der Waals surface area contributed by atoms with E-state index in [2.05, 4.69) is 84.3 Å². The van der Waals surface area contributed by atoms with Crippen molar-refractivity contribution in [2.75, 3.05) is 9.80 Å². The van der Waals surface area contributed by atoms with Gasteiger partial charge in [-0.05, 0) is 35.9 Å². The quantitative estimate of drug-likeness (QED) is 0.631. The van der Waals surface area contributed by atoms with Crippen LogP contribution in [0.3, 0.4) is 0 Å². The van der Waals surface area contributed by atoms with Crippen LogP contribution in [0.4, 0.5) is 22.9 Å². The summed E-state index contributed by atoms with van der Waals surface area (Å²) < 4.78 is 0. The first-order valence-corrected chi connectivity index (χ1v) is 8.37. The van der Waals surface area contributed by atoms with Crippen LogP contribution in [0.15, 0.2) is 72.9 Å². The van der Waals surface area contributed by atoms with Crippen LogP contribution in [-0.2, 0) is 5.41 Å². The molecule has 0 fully saturated rings. The topological polar surface area (TPSA) is 19.4 Å². The molecule has 2 aromatic carbocycles. The molecule has 0 radical (unpaired) electrons. The lowest BCUT2D eigenvalue weighted by atomic mass is 9.83. The van der Waals surface area contributed by atoms with E-state index in [1.165, 1.54) is 22.6 Å². The third-order valence-corrected chi connectivity index (χ3v) is 5.28. The Morgan fingerprint density at radius 1 is 0.792 bits per heavy atom. The molecule has 1 aromatic heterocycles. The smallest absolute Gasteiger partial charge is 0.158 e. The maximum absolute atomic E-state index is 4.73. The molecule has 0 aliphatic carbocycles. The van der Waals surface area contributed by atoms with E-state index in [9.17, 15) is 0 Å². The van der Waals surface area contributed by atoms with Crippen molar-refractivity contribution in [3.05, 3.63) is 78.5 Å². The lowest BCUT2D eigenvalue weighted by Crippen LogP contribution is -2.46. The Hall–Kier alpha value is -2.81. The largest absolute Gasteiger partial charge is 0.316 e. The molecule has 2 aliphatic heterocycles. The molecule has 3 heteroatoms. The van der Waals surface area contributed by atoms with Crippen LogP contribution in [0.1, 0.15) is 19.4 Å². The lowest BCUT2D eigenvalue weighted by molar-refractivity contribution is 0.450. The van der Waals surface area contributed by atoms with Gasteiger partial charge in [0.25, 0.3) is 0 Å². The van der Waals surface area contributed by atoms with E-state index in [0.717, 1.165) is 5.82 Å². The van der Waals surface area contributed by atoms with E-state index in [0.29, 0.717) is 0 Å². The number of hydrogen-bond acceptors (Lipinski definition) is 3. The maximum Gasteiger partial charge on any atom is 0.158 e. The van der Waals surface area contributed by atoms with Gasteiger partial charge in [0.15, 0.2) is 5.82 Å². The maximum atomic E-state index is 4.73. The second-order valence-electron chi connectivity index (χ2n) is 7.03. The summed E-state index contributed by atoms with van der Waals surface area (Å²) in [6.45, 7) is 4.66. The molecule has 3 nitrogen and oxygen atoms in total. The first kappa shape index (κ1) is 13.6. The first-order chi connectivity index (χ1) is 11.7. The highest BCUT2D eigenvalue weighted by atomic mass is 15.5. The average molecular weight is 313 g/mol. The number of nitrogens with zero attached hydrogens (tertiary/aromatic N) is 3. The minimum absolute atomic E-state index is 0.00681. The third-order valence-electron chi connectivity index (χ3n) is 5.28. The number of fused-ring (bicyclic) bond motifs is 5. The number of anilines is 4. The van der Waals surface area contributed by atoms with Gasteiger partial charge in [-0.2, -0.15) is 0 Å². The summed E-state index contributed by atoms with van der Waals surface area (Å²) in [4.78, 5) is 9.56. The van der Waals surface area contributed by atoms with Crippen molar-refractivity contribution < 1.29 is 0 Å². The SMILES string of the molecule is CC1(C)c2ccccc2N2c3ncccc3N(c3ccccc3)C21. The highest BCUT2D eigenvalue weighted by molar-refractivity contribution is 5.90.